The lowest BCUT2D eigenvalue weighted by Gasteiger charge is -2.09. The summed E-state index contributed by atoms with van der Waals surface area (Å²) in [5.41, 5.74) is 1.49. The molecule has 0 atom stereocenters. The molecule has 0 bridgehead atoms. The Bertz CT molecular complexity index is 1040. The molecule has 122 valence electrons. The second-order valence-corrected chi connectivity index (χ2v) is 6.26. The number of aromatic amines is 1. The highest BCUT2D eigenvalue weighted by atomic mass is 32.1. The van der Waals surface area contributed by atoms with E-state index in [1.54, 1.807) is 19.9 Å². The van der Waals surface area contributed by atoms with Crippen molar-refractivity contribution in [2.75, 3.05) is 5.32 Å². The Hall–Kier alpha value is -3.00. The van der Waals surface area contributed by atoms with Gasteiger partial charge in [0.2, 0.25) is 0 Å². The zero-order valence-corrected chi connectivity index (χ0v) is 13.7. The van der Waals surface area contributed by atoms with Crippen LogP contribution < -0.4 is 10.9 Å². The maximum Gasteiger partial charge on any atom is 0.335 e. The third kappa shape index (κ3) is 2.67. The molecule has 0 fully saturated rings. The van der Waals surface area contributed by atoms with E-state index in [9.17, 15) is 14.4 Å². The molecule has 1 aromatic carbocycles. The Morgan fingerprint density at radius 1 is 1.29 bits per heavy atom. The van der Waals surface area contributed by atoms with Crippen molar-refractivity contribution in [3.8, 4) is 0 Å². The minimum atomic E-state index is -1.07. The summed E-state index contributed by atoms with van der Waals surface area (Å²) < 4.78 is 0. The largest absolute Gasteiger partial charge is 0.478 e. The van der Waals surface area contributed by atoms with E-state index in [-0.39, 0.29) is 11.1 Å². The molecular weight excluding hydrogens is 330 g/mol. The Balaban J connectivity index is 2.01. The molecule has 0 aliphatic rings. The average molecular weight is 343 g/mol. The first kappa shape index (κ1) is 15.9. The number of H-pyrrole nitrogens is 1. The number of carboxylic acids is 1. The van der Waals surface area contributed by atoms with Crippen LogP contribution in [-0.4, -0.2) is 27.0 Å². The minimum absolute atomic E-state index is 0.0853. The molecule has 2 aromatic heterocycles. The summed E-state index contributed by atoms with van der Waals surface area (Å²) in [7, 11) is 0. The van der Waals surface area contributed by atoms with Crippen molar-refractivity contribution in [1.82, 2.24) is 9.97 Å². The van der Waals surface area contributed by atoms with Crippen molar-refractivity contribution < 1.29 is 14.7 Å². The molecule has 0 unspecified atom stereocenters. The van der Waals surface area contributed by atoms with Gasteiger partial charge in [-0.3, -0.25) is 9.59 Å². The normalized spacial score (nSPS) is 10.8. The summed E-state index contributed by atoms with van der Waals surface area (Å²) in [6.45, 7) is 3.45. The van der Waals surface area contributed by atoms with Crippen LogP contribution in [0.2, 0.25) is 0 Å². The average Bonchev–Trinajstić information content (AvgIpc) is 2.87. The number of benzene rings is 1. The minimum Gasteiger partial charge on any atom is -0.478 e. The number of anilines is 1. The third-order valence-corrected chi connectivity index (χ3v) is 4.87. The number of nitrogens with zero attached hydrogens (tertiary/aromatic N) is 1. The number of carboxylic acid groups (broad SMARTS) is 1. The van der Waals surface area contributed by atoms with Crippen molar-refractivity contribution in [3.63, 3.8) is 0 Å². The lowest BCUT2D eigenvalue weighted by Crippen LogP contribution is -2.13. The number of hydrogen-bond acceptors (Lipinski definition) is 5. The van der Waals surface area contributed by atoms with Gasteiger partial charge in [-0.1, -0.05) is 6.07 Å². The molecule has 3 rings (SSSR count). The highest BCUT2D eigenvalue weighted by molar-refractivity contribution is 7.20. The maximum absolute atomic E-state index is 12.6. The van der Waals surface area contributed by atoms with Gasteiger partial charge in [-0.2, -0.15) is 0 Å². The standard InChI is InChI=1S/C16H13N3O4S/c1-7-3-4-9(16(22)23)5-10(7)19-14(21)12-8(2)11-13(20)17-6-18-15(11)24-12/h3-6H,1-2H3,(H,19,21)(H,22,23)(H,17,18,20). The zero-order valence-electron chi connectivity index (χ0n) is 12.8. The van der Waals surface area contributed by atoms with E-state index in [0.29, 0.717) is 26.3 Å². The monoisotopic (exact) mass is 343 g/mol. The molecule has 0 spiro atoms. The first-order valence-electron chi connectivity index (χ1n) is 7.00. The number of hydrogen-bond donors (Lipinski definition) is 3. The quantitative estimate of drug-likeness (QED) is 0.676. The Labute approximate surface area is 140 Å². The third-order valence-electron chi connectivity index (χ3n) is 3.67. The number of thiophene rings is 1. The lowest BCUT2D eigenvalue weighted by molar-refractivity contribution is 0.0696. The molecule has 0 radical (unpaired) electrons. The number of aromatic nitrogens is 2. The fourth-order valence-corrected chi connectivity index (χ4v) is 3.41. The van der Waals surface area contributed by atoms with Gasteiger partial charge in [0.05, 0.1) is 22.2 Å². The highest BCUT2D eigenvalue weighted by Gasteiger charge is 2.19. The van der Waals surface area contributed by atoms with Crippen LogP contribution in [0.3, 0.4) is 0 Å². The van der Waals surface area contributed by atoms with Crippen LogP contribution in [0.5, 0.6) is 0 Å². The summed E-state index contributed by atoms with van der Waals surface area (Å²) in [6.07, 6.45) is 1.29. The summed E-state index contributed by atoms with van der Waals surface area (Å²) in [6, 6.07) is 4.51. The van der Waals surface area contributed by atoms with Gasteiger partial charge in [0.15, 0.2) is 0 Å². The van der Waals surface area contributed by atoms with Crippen molar-refractivity contribution in [3.05, 3.63) is 56.4 Å². The number of aromatic carboxylic acids is 1. The molecule has 8 heteroatoms. The summed E-state index contributed by atoms with van der Waals surface area (Å²) in [5.74, 6) is -1.47. The van der Waals surface area contributed by atoms with E-state index in [1.807, 2.05) is 0 Å². The van der Waals surface area contributed by atoms with Gasteiger partial charge in [0.25, 0.3) is 11.5 Å². The van der Waals surface area contributed by atoms with Crippen LogP contribution in [0.25, 0.3) is 10.2 Å². The number of nitrogens with one attached hydrogen (secondary N) is 2. The number of carbonyl (C=O) groups is 2. The van der Waals surface area contributed by atoms with Gasteiger partial charge < -0.3 is 15.4 Å². The van der Waals surface area contributed by atoms with E-state index in [1.165, 1.54) is 18.5 Å². The smallest absolute Gasteiger partial charge is 0.335 e. The topological polar surface area (TPSA) is 112 Å². The van der Waals surface area contributed by atoms with Crippen molar-refractivity contribution in [2.24, 2.45) is 0 Å². The predicted octanol–water partition coefficient (Wildman–Crippen LogP) is 2.55. The molecule has 3 aromatic rings. The van der Waals surface area contributed by atoms with Gasteiger partial charge in [-0.15, -0.1) is 11.3 Å². The lowest BCUT2D eigenvalue weighted by atomic mass is 10.1. The second-order valence-electron chi connectivity index (χ2n) is 5.26. The molecule has 0 saturated carbocycles. The Morgan fingerprint density at radius 3 is 2.71 bits per heavy atom. The Kier molecular flexibility index (Phi) is 3.90. The molecule has 7 nitrogen and oxygen atoms in total. The van der Waals surface area contributed by atoms with Crippen molar-refractivity contribution >= 4 is 39.1 Å². The molecule has 3 N–H and O–H groups in total. The van der Waals surface area contributed by atoms with Crippen LogP contribution in [-0.2, 0) is 0 Å². The van der Waals surface area contributed by atoms with E-state index < -0.39 is 11.9 Å². The number of fused-ring (bicyclic) bond motifs is 1. The van der Waals surface area contributed by atoms with E-state index in [2.05, 4.69) is 15.3 Å². The first-order valence-corrected chi connectivity index (χ1v) is 7.82. The highest BCUT2D eigenvalue weighted by Crippen LogP contribution is 2.28. The number of carbonyl (C=O) groups excluding carboxylic acids is 1. The molecular formula is C16H13N3O4S. The molecule has 0 aliphatic heterocycles. The van der Waals surface area contributed by atoms with Crippen LogP contribution in [0, 0.1) is 13.8 Å². The second kappa shape index (κ2) is 5.89. The van der Waals surface area contributed by atoms with E-state index in [4.69, 9.17) is 5.11 Å². The molecule has 24 heavy (non-hydrogen) atoms. The van der Waals surface area contributed by atoms with Gasteiger partial charge in [0, 0.05) is 5.69 Å². The van der Waals surface area contributed by atoms with Gasteiger partial charge in [-0.25, -0.2) is 9.78 Å². The van der Waals surface area contributed by atoms with Crippen LogP contribution >= 0.6 is 11.3 Å². The van der Waals surface area contributed by atoms with Crippen LogP contribution in [0.4, 0.5) is 5.69 Å². The molecule has 0 aliphatic carbocycles. The number of rotatable bonds is 3. The van der Waals surface area contributed by atoms with Crippen molar-refractivity contribution in [2.45, 2.75) is 13.8 Å². The number of aryl methyl sites for hydroxylation is 2. The van der Waals surface area contributed by atoms with Gasteiger partial charge in [-0.05, 0) is 37.1 Å². The first-order chi connectivity index (χ1) is 11.4. The number of amides is 1. The molecule has 1 amide bonds. The van der Waals surface area contributed by atoms with Crippen molar-refractivity contribution in [1.29, 1.82) is 0 Å². The zero-order chi connectivity index (χ0) is 17.4. The molecule has 0 saturated heterocycles. The summed E-state index contributed by atoms with van der Waals surface area (Å²) in [5, 5.41) is 12.2. The maximum atomic E-state index is 12.6. The fourth-order valence-electron chi connectivity index (χ4n) is 2.36. The predicted molar refractivity (Wildman–Crippen MR) is 91.1 cm³/mol. The van der Waals surface area contributed by atoms with E-state index in [0.717, 1.165) is 16.9 Å². The van der Waals surface area contributed by atoms with Gasteiger partial charge in [0.1, 0.15) is 4.83 Å². The Morgan fingerprint density at radius 2 is 2.04 bits per heavy atom. The van der Waals surface area contributed by atoms with Gasteiger partial charge >= 0.3 is 5.97 Å². The van der Waals surface area contributed by atoms with Crippen LogP contribution in [0.15, 0.2) is 29.3 Å². The molecule has 2 heterocycles. The SMILES string of the molecule is Cc1ccc(C(=O)O)cc1NC(=O)c1sc2nc[nH]c(=O)c2c1C. The summed E-state index contributed by atoms with van der Waals surface area (Å²) >= 11 is 1.12. The van der Waals surface area contributed by atoms with Crippen LogP contribution in [0.1, 0.15) is 31.2 Å². The fraction of sp³-hybridized carbons (Fsp3) is 0.125. The summed E-state index contributed by atoms with van der Waals surface area (Å²) in [4.78, 5) is 42.9. The van der Waals surface area contributed by atoms with E-state index >= 15 is 0 Å².